The molecule has 0 saturated carbocycles. The molecule has 0 unspecified atom stereocenters. The van der Waals surface area contributed by atoms with Crippen LogP contribution in [0.4, 0.5) is 28.0 Å². The van der Waals surface area contributed by atoms with Crippen molar-refractivity contribution in [1.82, 2.24) is 9.88 Å². The van der Waals surface area contributed by atoms with Crippen LogP contribution in [-0.4, -0.2) is 36.1 Å². The number of pyridine rings is 1. The molecule has 2 aromatic rings. The summed E-state index contributed by atoms with van der Waals surface area (Å²) in [7, 11) is 1.44. The van der Waals surface area contributed by atoms with Gasteiger partial charge in [-0.2, -0.15) is 13.2 Å². The lowest BCUT2D eigenvalue weighted by Gasteiger charge is -2.36. The van der Waals surface area contributed by atoms with Crippen LogP contribution >= 0.6 is 0 Å². The van der Waals surface area contributed by atoms with Crippen LogP contribution in [0.25, 0.3) is 0 Å². The Morgan fingerprint density at radius 2 is 1.82 bits per heavy atom. The highest BCUT2D eigenvalue weighted by molar-refractivity contribution is 5.89. The summed E-state index contributed by atoms with van der Waals surface area (Å²) in [5.41, 5.74) is -2.06. The molecule has 3 rings (SSSR count). The Morgan fingerprint density at radius 3 is 2.39 bits per heavy atom. The second-order valence-electron chi connectivity index (χ2n) is 6.51. The number of carbonyl (C=O) groups is 1. The number of anilines is 1. The number of amides is 2. The molecule has 0 aliphatic carbocycles. The van der Waals surface area contributed by atoms with E-state index in [9.17, 15) is 18.0 Å². The van der Waals surface area contributed by atoms with E-state index in [1.807, 2.05) is 0 Å². The number of halogens is 4. The predicted molar refractivity (Wildman–Crippen MR) is 94.8 cm³/mol. The third kappa shape index (κ3) is 4.18. The maximum absolute atomic E-state index is 15.4. The number of likely N-dealkylation sites (tertiary alicyclic amines) is 1. The van der Waals surface area contributed by atoms with Crippen LogP contribution < -0.4 is 10.1 Å². The topological polar surface area (TPSA) is 54.5 Å². The zero-order valence-electron chi connectivity index (χ0n) is 15.1. The van der Waals surface area contributed by atoms with Crippen molar-refractivity contribution in [2.75, 3.05) is 25.5 Å². The monoisotopic (exact) mass is 397 g/mol. The Labute approximate surface area is 159 Å². The van der Waals surface area contributed by atoms with Gasteiger partial charge in [-0.15, -0.1) is 0 Å². The maximum Gasteiger partial charge on any atom is 0.416 e. The van der Waals surface area contributed by atoms with E-state index in [0.29, 0.717) is 5.75 Å². The van der Waals surface area contributed by atoms with Crippen molar-refractivity contribution in [3.63, 3.8) is 0 Å². The van der Waals surface area contributed by atoms with E-state index in [1.165, 1.54) is 30.3 Å². The molecule has 2 heterocycles. The molecule has 1 aromatic carbocycles. The lowest BCUT2D eigenvalue weighted by atomic mass is 9.89. The number of methoxy groups -OCH3 is 1. The average molecular weight is 397 g/mol. The molecule has 1 aliphatic heterocycles. The first-order valence-corrected chi connectivity index (χ1v) is 8.64. The van der Waals surface area contributed by atoms with Gasteiger partial charge in [-0.1, -0.05) is 0 Å². The number of alkyl halides is 4. The van der Waals surface area contributed by atoms with Gasteiger partial charge in [-0.3, -0.25) is 4.98 Å². The number of hydrogen-bond donors (Lipinski definition) is 1. The highest BCUT2D eigenvalue weighted by Gasteiger charge is 2.41. The smallest absolute Gasteiger partial charge is 0.416 e. The van der Waals surface area contributed by atoms with E-state index < -0.39 is 23.4 Å². The SMILES string of the molecule is COc1cccnc1C1(F)CCN(C(=O)Nc2ccc(C(F)(F)F)cc2)CC1. The van der Waals surface area contributed by atoms with Crippen LogP contribution in [0.3, 0.4) is 0 Å². The Hall–Kier alpha value is -2.84. The molecule has 1 saturated heterocycles. The molecule has 0 atom stereocenters. The second kappa shape index (κ2) is 7.65. The van der Waals surface area contributed by atoms with Gasteiger partial charge < -0.3 is 15.0 Å². The van der Waals surface area contributed by atoms with Crippen LogP contribution in [0.5, 0.6) is 5.75 Å². The summed E-state index contributed by atoms with van der Waals surface area (Å²) in [5, 5.41) is 2.54. The molecule has 150 valence electrons. The third-order valence-electron chi connectivity index (χ3n) is 4.72. The summed E-state index contributed by atoms with van der Waals surface area (Å²) in [6, 6.07) is 6.95. The largest absolute Gasteiger partial charge is 0.495 e. The number of urea groups is 1. The van der Waals surface area contributed by atoms with Gasteiger partial charge in [0.15, 0.2) is 5.67 Å². The number of nitrogens with one attached hydrogen (secondary N) is 1. The highest BCUT2D eigenvalue weighted by atomic mass is 19.4. The number of aromatic nitrogens is 1. The first kappa shape index (κ1) is 19.9. The molecule has 9 heteroatoms. The standard InChI is InChI=1S/C19H19F4N3O2/c1-28-15-3-2-10-24-16(15)18(20)8-11-26(12-9-18)17(27)25-14-6-4-13(5-7-14)19(21,22)23/h2-7,10H,8-9,11-12H2,1H3,(H,25,27). The number of hydrogen-bond acceptors (Lipinski definition) is 3. The molecular formula is C19H19F4N3O2. The van der Waals surface area contributed by atoms with Gasteiger partial charge >= 0.3 is 12.2 Å². The zero-order valence-corrected chi connectivity index (χ0v) is 15.1. The Balaban J connectivity index is 1.62. The van der Waals surface area contributed by atoms with Crippen molar-refractivity contribution in [3.05, 3.63) is 53.9 Å². The predicted octanol–water partition coefficient (Wildman–Crippen LogP) is 4.60. The van der Waals surface area contributed by atoms with Gasteiger partial charge in [0, 0.05) is 37.8 Å². The van der Waals surface area contributed by atoms with Gasteiger partial charge in [0.1, 0.15) is 11.4 Å². The van der Waals surface area contributed by atoms with Crippen LogP contribution in [0.1, 0.15) is 24.1 Å². The minimum Gasteiger partial charge on any atom is -0.495 e. The van der Waals surface area contributed by atoms with Crippen molar-refractivity contribution in [2.45, 2.75) is 24.7 Å². The molecule has 1 fully saturated rings. The van der Waals surface area contributed by atoms with Crippen LogP contribution in [-0.2, 0) is 11.8 Å². The highest BCUT2D eigenvalue weighted by Crippen LogP contribution is 2.40. The van der Waals surface area contributed by atoms with Crippen molar-refractivity contribution >= 4 is 11.7 Å². The fourth-order valence-electron chi connectivity index (χ4n) is 3.14. The van der Waals surface area contributed by atoms with Gasteiger partial charge in [0.2, 0.25) is 0 Å². The molecule has 2 amide bonds. The number of carbonyl (C=O) groups excluding carboxylic acids is 1. The van der Waals surface area contributed by atoms with E-state index >= 15 is 4.39 Å². The van der Waals surface area contributed by atoms with E-state index in [-0.39, 0.29) is 37.3 Å². The fraction of sp³-hybridized carbons (Fsp3) is 0.368. The summed E-state index contributed by atoms with van der Waals surface area (Å²) in [5.74, 6) is 0.354. The van der Waals surface area contributed by atoms with Gasteiger partial charge in [-0.05, 0) is 36.4 Å². The Kier molecular flexibility index (Phi) is 5.44. The van der Waals surface area contributed by atoms with Crippen molar-refractivity contribution in [2.24, 2.45) is 0 Å². The lowest BCUT2D eigenvalue weighted by molar-refractivity contribution is -0.137. The molecule has 5 nitrogen and oxygen atoms in total. The van der Waals surface area contributed by atoms with Crippen LogP contribution in [0.2, 0.25) is 0 Å². The first-order valence-electron chi connectivity index (χ1n) is 8.64. The van der Waals surface area contributed by atoms with E-state index in [4.69, 9.17) is 4.74 Å². The van der Waals surface area contributed by atoms with Crippen molar-refractivity contribution in [3.8, 4) is 5.75 Å². The third-order valence-corrected chi connectivity index (χ3v) is 4.72. The van der Waals surface area contributed by atoms with E-state index in [2.05, 4.69) is 10.3 Å². The number of ether oxygens (including phenoxy) is 1. The summed E-state index contributed by atoms with van der Waals surface area (Å²) in [6.45, 7) is 0.283. The van der Waals surface area contributed by atoms with E-state index in [1.54, 1.807) is 12.1 Å². The molecule has 1 aromatic heterocycles. The van der Waals surface area contributed by atoms with Crippen molar-refractivity contribution in [1.29, 1.82) is 0 Å². The second-order valence-corrected chi connectivity index (χ2v) is 6.51. The van der Waals surface area contributed by atoms with E-state index in [0.717, 1.165) is 12.1 Å². The number of benzene rings is 1. The molecule has 1 aliphatic rings. The first-order chi connectivity index (χ1) is 13.2. The summed E-state index contributed by atoms with van der Waals surface area (Å²) in [6.07, 6.45) is -2.86. The van der Waals surface area contributed by atoms with Gasteiger partial charge in [0.05, 0.1) is 12.7 Å². The molecule has 0 spiro atoms. The Morgan fingerprint density at radius 1 is 1.18 bits per heavy atom. The van der Waals surface area contributed by atoms with Gasteiger partial charge in [-0.25, -0.2) is 9.18 Å². The lowest BCUT2D eigenvalue weighted by Crippen LogP contribution is -2.45. The summed E-state index contributed by atoms with van der Waals surface area (Å²) < 4.78 is 58.3. The van der Waals surface area contributed by atoms with Crippen molar-refractivity contribution < 1.29 is 27.1 Å². The summed E-state index contributed by atoms with van der Waals surface area (Å²) in [4.78, 5) is 17.9. The number of nitrogens with zero attached hydrogens (tertiary/aromatic N) is 2. The maximum atomic E-state index is 15.4. The number of rotatable bonds is 3. The molecule has 0 bridgehead atoms. The Bertz CT molecular complexity index is 832. The molecular weight excluding hydrogens is 378 g/mol. The zero-order chi connectivity index (χ0) is 20.4. The van der Waals surface area contributed by atoms with Crippen LogP contribution in [0.15, 0.2) is 42.6 Å². The minimum atomic E-state index is -4.44. The average Bonchev–Trinajstić information content (AvgIpc) is 2.68. The molecule has 0 radical (unpaired) electrons. The normalized spacial score (nSPS) is 16.5. The minimum absolute atomic E-state index is 0.0425. The molecule has 28 heavy (non-hydrogen) atoms. The van der Waals surface area contributed by atoms with Gasteiger partial charge in [0.25, 0.3) is 0 Å². The number of piperidine rings is 1. The molecule has 1 N–H and O–H groups in total. The van der Waals surface area contributed by atoms with Crippen LogP contribution in [0, 0.1) is 0 Å². The summed E-state index contributed by atoms with van der Waals surface area (Å²) >= 11 is 0. The quantitative estimate of drug-likeness (QED) is 0.770. The fourth-order valence-corrected chi connectivity index (χ4v) is 3.14.